The highest BCUT2D eigenvalue weighted by atomic mass is 32.1. The van der Waals surface area contributed by atoms with Crippen molar-refractivity contribution >= 4 is 28.8 Å². The van der Waals surface area contributed by atoms with Gasteiger partial charge in [-0.25, -0.2) is 0 Å². The molecule has 0 saturated carbocycles. The van der Waals surface area contributed by atoms with Gasteiger partial charge in [0.25, 0.3) is 0 Å². The van der Waals surface area contributed by atoms with Crippen LogP contribution in [-0.4, -0.2) is 17.9 Å². The van der Waals surface area contributed by atoms with E-state index in [0.29, 0.717) is 6.42 Å². The highest BCUT2D eigenvalue weighted by Crippen LogP contribution is 2.22. The summed E-state index contributed by atoms with van der Waals surface area (Å²) in [6.07, 6.45) is 1.58. The van der Waals surface area contributed by atoms with E-state index in [2.05, 4.69) is 6.07 Å². The van der Waals surface area contributed by atoms with Crippen molar-refractivity contribution in [3.63, 3.8) is 0 Å². The molecular formula is C15H22N2OS. The quantitative estimate of drug-likeness (QED) is 0.842. The van der Waals surface area contributed by atoms with Gasteiger partial charge in [0.2, 0.25) is 5.91 Å². The second kappa shape index (κ2) is 6.66. The number of rotatable bonds is 5. The molecule has 0 radical (unpaired) electrons. The van der Waals surface area contributed by atoms with E-state index < -0.39 is 0 Å². The summed E-state index contributed by atoms with van der Waals surface area (Å²) in [4.78, 5) is 14.4. The molecule has 0 aromatic heterocycles. The van der Waals surface area contributed by atoms with Crippen molar-refractivity contribution in [3.8, 4) is 0 Å². The largest absolute Gasteiger partial charge is 0.393 e. The number of nitrogens with two attached hydrogens (primary N) is 1. The Bertz CT molecular complexity index is 485. The molecule has 104 valence electrons. The average molecular weight is 278 g/mol. The van der Waals surface area contributed by atoms with Crippen molar-refractivity contribution in [3.05, 3.63) is 29.3 Å². The molecule has 1 atom stereocenters. The first-order valence-corrected chi connectivity index (χ1v) is 6.93. The molecule has 0 bridgehead atoms. The van der Waals surface area contributed by atoms with E-state index in [1.807, 2.05) is 32.9 Å². The van der Waals surface area contributed by atoms with Crippen LogP contribution >= 0.6 is 12.2 Å². The summed E-state index contributed by atoms with van der Waals surface area (Å²) in [7, 11) is 1.78. The number of anilines is 1. The van der Waals surface area contributed by atoms with E-state index in [1.54, 1.807) is 11.9 Å². The molecule has 0 fully saturated rings. The fourth-order valence-corrected chi connectivity index (χ4v) is 2.43. The van der Waals surface area contributed by atoms with Crippen LogP contribution in [0, 0.1) is 19.8 Å². The number of aryl methyl sites for hydroxylation is 2. The summed E-state index contributed by atoms with van der Waals surface area (Å²) in [6.45, 7) is 6.06. The highest BCUT2D eigenvalue weighted by molar-refractivity contribution is 7.80. The maximum atomic E-state index is 12.5. The van der Waals surface area contributed by atoms with Crippen LogP contribution in [0.3, 0.4) is 0 Å². The lowest BCUT2D eigenvalue weighted by Crippen LogP contribution is -2.39. The molecule has 1 aromatic carbocycles. The van der Waals surface area contributed by atoms with Crippen molar-refractivity contribution in [1.82, 2.24) is 0 Å². The molecule has 4 heteroatoms. The van der Waals surface area contributed by atoms with Crippen LogP contribution in [0.25, 0.3) is 0 Å². The normalized spacial score (nSPS) is 12.0. The minimum absolute atomic E-state index is 0.0266. The number of hydrogen-bond acceptors (Lipinski definition) is 2. The molecule has 2 N–H and O–H groups in total. The maximum Gasteiger partial charge on any atom is 0.236 e. The molecule has 1 rings (SSSR count). The first kappa shape index (κ1) is 15.6. The van der Waals surface area contributed by atoms with Gasteiger partial charge < -0.3 is 10.6 Å². The number of amides is 1. The summed E-state index contributed by atoms with van der Waals surface area (Å²) >= 11 is 5.01. The lowest BCUT2D eigenvalue weighted by molar-refractivity contribution is -0.120. The second-order valence-corrected chi connectivity index (χ2v) is 5.40. The number of hydrogen-bond donors (Lipinski definition) is 1. The summed E-state index contributed by atoms with van der Waals surface area (Å²) in [6, 6.07) is 6.03. The topological polar surface area (TPSA) is 46.3 Å². The molecule has 0 saturated heterocycles. The first-order chi connectivity index (χ1) is 8.88. The van der Waals surface area contributed by atoms with Crippen LogP contribution in [0.5, 0.6) is 0 Å². The molecule has 1 amide bonds. The van der Waals surface area contributed by atoms with Gasteiger partial charge in [-0.3, -0.25) is 4.79 Å². The number of benzene rings is 1. The van der Waals surface area contributed by atoms with Crippen LogP contribution in [-0.2, 0) is 4.79 Å². The fourth-order valence-electron chi connectivity index (χ4n) is 2.21. The van der Waals surface area contributed by atoms with Gasteiger partial charge in [-0.05, 0) is 31.9 Å². The van der Waals surface area contributed by atoms with Crippen molar-refractivity contribution < 1.29 is 4.79 Å². The van der Waals surface area contributed by atoms with Crippen molar-refractivity contribution in [2.24, 2.45) is 11.7 Å². The van der Waals surface area contributed by atoms with E-state index in [-0.39, 0.29) is 16.8 Å². The molecule has 0 spiro atoms. The van der Waals surface area contributed by atoms with Crippen LogP contribution < -0.4 is 10.6 Å². The zero-order valence-corrected chi connectivity index (χ0v) is 12.9. The van der Waals surface area contributed by atoms with E-state index in [1.165, 1.54) is 5.56 Å². The average Bonchev–Trinajstić information content (AvgIpc) is 2.34. The van der Waals surface area contributed by atoms with Crippen LogP contribution in [0.1, 0.15) is 30.9 Å². The third-order valence-corrected chi connectivity index (χ3v) is 3.55. The van der Waals surface area contributed by atoms with E-state index in [4.69, 9.17) is 18.0 Å². The van der Waals surface area contributed by atoms with Crippen LogP contribution in [0.15, 0.2) is 18.2 Å². The predicted octanol–water partition coefficient (Wildman–Crippen LogP) is 2.97. The Morgan fingerprint density at radius 3 is 2.53 bits per heavy atom. The summed E-state index contributed by atoms with van der Waals surface area (Å²) in [5.41, 5.74) is 8.86. The van der Waals surface area contributed by atoms with Gasteiger partial charge in [0, 0.05) is 12.7 Å². The van der Waals surface area contributed by atoms with Gasteiger partial charge in [0.05, 0.1) is 10.9 Å². The van der Waals surface area contributed by atoms with E-state index in [0.717, 1.165) is 17.7 Å². The Morgan fingerprint density at radius 2 is 2.05 bits per heavy atom. The third-order valence-electron chi connectivity index (χ3n) is 3.26. The monoisotopic (exact) mass is 278 g/mol. The Balaban J connectivity index is 3.00. The van der Waals surface area contributed by atoms with Gasteiger partial charge >= 0.3 is 0 Å². The highest BCUT2D eigenvalue weighted by Gasteiger charge is 2.25. The number of nitrogens with zero attached hydrogens (tertiary/aromatic N) is 1. The predicted molar refractivity (Wildman–Crippen MR) is 84.5 cm³/mol. The first-order valence-electron chi connectivity index (χ1n) is 6.52. The third kappa shape index (κ3) is 3.77. The van der Waals surface area contributed by atoms with Crippen molar-refractivity contribution in [1.29, 1.82) is 0 Å². The maximum absolute atomic E-state index is 12.5. The zero-order chi connectivity index (χ0) is 14.6. The summed E-state index contributed by atoms with van der Waals surface area (Å²) in [5, 5.41) is 0. The van der Waals surface area contributed by atoms with E-state index in [9.17, 15) is 4.79 Å². The van der Waals surface area contributed by atoms with Gasteiger partial charge in [0.1, 0.15) is 0 Å². The lowest BCUT2D eigenvalue weighted by Gasteiger charge is -2.24. The Kier molecular flexibility index (Phi) is 5.48. The number of thiocarbonyl (C=S) groups is 1. The zero-order valence-electron chi connectivity index (χ0n) is 12.1. The summed E-state index contributed by atoms with van der Waals surface area (Å²) in [5.74, 6) is -0.396. The molecule has 3 nitrogen and oxygen atoms in total. The molecule has 0 aliphatic heterocycles. The van der Waals surface area contributed by atoms with Gasteiger partial charge in [0.15, 0.2) is 0 Å². The molecular weight excluding hydrogens is 256 g/mol. The summed E-state index contributed by atoms with van der Waals surface area (Å²) < 4.78 is 0. The minimum atomic E-state index is -0.370. The van der Waals surface area contributed by atoms with Gasteiger partial charge in [-0.15, -0.1) is 0 Å². The smallest absolute Gasteiger partial charge is 0.236 e. The standard InChI is InChI=1S/C15H22N2OS/c1-5-6-12(14(16)19)15(18)17(4)13-8-7-10(2)9-11(13)3/h7-9,12H,5-6H2,1-4H3,(H2,16,19). The number of carbonyl (C=O) groups is 1. The van der Waals surface area contributed by atoms with Crippen LogP contribution in [0.4, 0.5) is 5.69 Å². The van der Waals surface area contributed by atoms with Crippen molar-refractivity contribution in [2.45, 2.75) is 33.6 Å². The van der Waals surface area contributed by atoms with Crippen LogP contribution in [0.2, 0.25) is 0 Å². The minimum Gasteiger partial charge on any atom is -0.393 e. The SMILES string of the molecule is CCCC(C(=O)N(C)c1ccc(C)cc1C)C(N)=S. The molecule has 0 aliphatic rings. The molecule has 1 aromatic rings. The Hall–Kier alpha value is -1.42. The van der Waals surface area contributed by atoms with Crippen molar-refractivity contribution in [2.75, 3.05) is 11.9 Å². The fraction of sp³-hybridized carbons (Fsp3) is 0.467. The number of carbonyl (C=O) groups excluding carboxylic acids is 1. The van der Waals surface area contributed by atoms with Gasteiger partial charge in [-0.2, -0.15) is 0 Å². The molecule has 19 heavy (non-hydrogen) atoms. The Labute approximate surface area is 120 Å². The van der Waals surface area contributed by atoms with E-state index >= 15 is 0 Å². The van der Waals surface area contributed by atoms with Gasteiger partial charge in [-0.1, -0.05) is 43.3 Å². The molecule has 0 aliphatic carbocycles. The Morgan fingerprint density at radius 1 is 1.42 bits per heavy atom. The molecule has 0 heterocycles. The lowest BCUT2D eigenvalue weighted by atomic mass is 10.0. The molecule has 1 unspecified atom stereocenters. The second-order valence-electron chi connectivity index (χ2n) is 4.93.